The van der Waals surface area contributed by atoms with Gasteiger partial charge in [-0.15, -0.1) is 0 Å². The number of nitrogens with two attached hydrogens (primary N) is 1. The smallest absolute Gasteiger partial charge is 0.211 e. The molecule has 0 spiro atoms. The van der Waals surface area contributed by atoms with E-state index in [1.165, 1.54) is 0 Å². The third-order valence-corrected chi connectivity index (χ3v) is 5.20. The van der Waals surface area contributed by atoms with Crippen molar-refractivity contribution in [1.29, 1.82) is 0 Å². The Morgan fingerprint density at radius 2 is 1.78 bits per heavy atom. The van der Waals surface area contributed by atoms with E-state index in [2.05, 4.69) is 4.72 Å². The number of hydrogen-bond donors (Lipinski definition) is 2. The largest absolute Gasteiger partial charge is 0.377 e. The number of rotatable bonds is 7. The van der Waals surface area contributed by atoms with E-state index in [-0.39, 0.29) is 11.9 Å². The molecule has 0 atom stereocenters. The SMILES string of the molecule is NC1CCC(OCCNS(=O)(=O)CC2CC2)CC1. The van der Waals surface area contributed by atoms with Crippen LogP contribution in [0.4, 0.5) is 0 Å². The summed E-state index contributed by atoms with van der Waals surface area (Å²) in [4.78, 5) is 0. The van der Waals surface area contributed by atoms with E-state index in [9.17, 15) is 8.42 Å². The minimum Gasteiger partial charge on any atom is -0.377 e. The van der Waals surface area contributed by atoms with Crippen LogP contribution in [0, 0.1) is 5.92 Å². The summed E-state index contributed by atoms with van der Waals surface area (Å²) < 4.78 is 31.4. The lowest BCUT2D eigenvalue weighted by Gasteiger charge is -2.26. The second-order valence-corrected chi connectivity index (χ2v) is 7.38. The van der Waals surface area contributed by atoms with Gasteiger partial charge in [-0.05, 0) is 44.4 Å². The van der Waals surface area contributed by atoms with Crippen LogP contribution in [0.15, 0.2) is 0 Å². The summed E-state index contributed by atoms with van der Waals surface area (Å²) in [6, 6.07) is 0.321. The second kappa shape index (κ2) is 6.32. The first-order chi connectivity index (χ1) is 8.55. The topological polar surface area (TPSA) is 81.4 Å². The predicted octanol–water partition coefficient (Wildman–Crippen LogP) is 0.602. The molecule has 0 aromatic heterocycles. The van der Waals surface area contributed by atoms with Crippen molar-refractivity contribution in [2.75, 3.05) is 18.9 Å². The summed E-state index contributed by atoms with van der Waals surface area (Å²) in [6.07, 6.45) is 6.39. The first-order valence-corrected chi connectivity index (χ1v) is 8.55. The van der Waals surface area contributed by atoms with Crippen LogP contribution in [0.1, 0.15) is 38.5 Å². The Kier molecular flexibility index (Phi) is 5.00. The fourth-order valence-corrected chi connectivity index (χ4v) is 3.80. The maximum atomic E-state index is 11.6. The third-order valence-electron chi connectivity index (χ3n) is 3.65. The zero-order chi connectivity index (χ0) is 13.0. The fourth-order valence-electron chi connectivity index (χ4n) is 2.33. The molecule has 2 aliphatic carbocycles. The van der Waals surface area contributed by atoms with E-state index in [1.54, 1.807) is 0 Å². The van der Waals surface area contributed by atoms with Crippen LogP contribution in [-0.2, 0) is 14.8 Å². The van der Waals surface area contributed by atoms with E-state index < -0.39 is 10.0 Å². The van der Waals surface area contributed by atoms with Crippen LogP contribution in [0.2, 0.25) is 0 Å². The van der Waals surface area contributed by atoms with Crippen molar-refractivity contribution in [2.24, 2.45) is 11.7 Å². The Bertz CT molecular complexity index is 346. The molecular formula is C12H24N2O3S. The summed E-state index contributed by atoms with van der Waals surface area (Å²) in [5.74, 6) is 0.675. The number of sulfonamides is 1. The molecule has 0 aliphatic heterocycles. The molecule has 2 saturated carbocycles. The van der Waals surface area contributed by atoms with Crippen molar-refractivity contribution >= 4 is 10.0 Å². The second-order valence-electron chi connectivity index (χ2n) is 5.53. The van der Waals surface area contributed by atoms with Crippen LogP contribution < -0.4 is 10.5 Å². The van der Waals surface area contributed by atoms with Crippen molar-refractivity contribution in [3.05, 3.63) is 0 Å². The summed E-state index contributed by atoms with van der Waals surface area (Å²) in [5.41, 5.74) is 5.81. The van der Waals surface area contributed by atoms with Gasteiger partial charge in [0.1, 0.15) is 0 Å². The molecule has 6 heteroatoms. The average Bonchev–Trinajstić information content (AvgIpc) is 3.10. The van der Waals surface area contributed by atoms with Crippen LogP contribution in [0.5, 0.6) is 0 Å². The molecule has 106 valence electrons. The summed E-state index contributed by atoms with van der Waals surface area (Å²) in [5, 5.41) is 0. The zero-order valence-electron chi connectivity index (χ0n) is 10.8. The van der Waals surface area contributed by atoms with Gasteiger partial charge in [0.15, 0.2) is 0 Å². The fraction of sp³-hybridized carbons (Fsp3) is 1.00. The van der Waals surface area contributed by atoms with Gasteiger partial charge in [0, 0.05) is 12.6 Å². The standard InChI is InChI=1S/C12H24N2O3S/c13-11-3-5-12(6-4-11)17-8-7-14-18(15,16)9-10-1-2-10/h10-12,14H,1-9,13H2. The summed E-state index contributed by atoms with van der Waals surface area (Å²) >= 11 is 0. The minimum absolute atomic E-state index is 0.262. The molecular weight excluding hydrogens is 252 g/mol. The molecule has 0 aromatic rings. The van der Waals surface area contributed by atoms with Gasteiger partial charge in [-0.1, -0.05) is 0 Å². The van der Waals surface area contributed by atoms with E-state index in [1.807, 2.05) is 0 Å². The van der Waals surface area contributed by atoms with E-state index in [0.717, 1.165) is 38.5 Å². The quantitative estimate of drug-likeness (QED) is 0.667. The monoisotopic (exact) mass is 276 g/mol. The Morgan fingerprint density at radius 1 is 1.11 bits per heavy atom. The molecule has 2 fully saturated rings. The van der Waals surface area contributed by atoms with Crippen molar-refractivity contribution in [2.45, 2.75) is 50.7 Å². The summed E-state index contributed by atoms with van der Waals surface area (Å²) in [6.45, 7) is 0.849. The molecule has 3 N–H and O–H groups in total. The molecule has 0 amide bonds. The number of hydrogen-bond acceptors (Lipinski definition) is 4. The molecule has 2 rings (SSSR count). The lowest BCUT2D eigenvalue weighted by atomic mass is 9.94. The molecule has 0 saturated heterocycles. The van der Waals surface area contributed by atoms with E-state index in [4.69, 9.17) is 10.5 Å². The van der Waals surface area contributed by atoms with Gasteiger partial charge < -0.3 is 10.5 Å². The Labute approximate surface area is 110 Å². The van der Waals surface area contributed by atoms with Gasteiger partial charge in [-0.2, -0.15) is 0 Å². The molecule has 0 aromatic carbocycles. The highest BCUT2D eigenvalue weighted by molar-refractivity contribution is 7.89. The van der Waals surface area contributed by atoms with Crippen molar-refractivity contribution < 1.29 is 13.2 Å². The van der Waals surface area contributed by atoms with Gasteiger partial charge in [0.25, 0.3) is 0 Å². The molecule has 0 radical (unpaired) electrons. The van der Waals surface area contributed by atoms with Gasteiger partial charge >= 0.3 is 0 Å². The zero-order valence-corrected chi connectivity index (χ0v) is 11.6. The highest BCUT2D eigenvalue weighted by atomic mass is 32.2. The van der Waals surface area contributed by atoms with Crippen LogP contribution >= 0.6 is 0 Å². The Hall–Kier alpha value is -0.170. The normalized spacial score (nSPS) is 29.4. The number of ether oxygens (including phenoxy) is 1. The lowest BCUT2D eigenvalue weighted by Crippen LogP contribution is -2.34. The highest BCUT2D eigenvalue weighted by Crippen LogP contribution is 2.29. The highest BCUT2D eigenvalue weighted by Gasteiger charge is 2.27. The van der Waals surface area contributed by atoms with Crippen LogP contribution in [-0.4, -0.2) is 39.5 Å². The van der Waals surface area contributed by atoms with Gasteiger partial charge in [0.2, 0.25) is 10.0 Å². The molecule has 0 heterocycles. The van der Waals surface area contributed by atoms with Gasteiger partial charge in [0.05, 0.1) is 18.5 Å². The number of nitrogens with one attached hydrogen (secondary N) is 1. The maximum absolute atomic E-state index is 11.6. The molecule has 2 aliphatic rings. The minimum atomic E-state index is -3.08. The molecule has 0 bridgehead atoms. The molecule has 18 heavy (non-hydrogen) atoms. The van der Waals surface area contributed by atoms with E-state index >= 15 is 0 Å². The third kappa shape index (κ3) is 5.22. The van der Waals surface area contributed by atoms with E-state index in [0.29, 0.717) is 25.1 Å². The van der Waals surface area contributed by atoms with Crippen molar-refractivity contribution in [3.8, 4) is 0 Å². The van der Waals surface area contributed by atoms with Crippen LogP contribution in [0.3, 0.4) is 0 Å². The van der Waals surface area contributed by atoms with Crippen molar-refractivity contribution in [1.82, 2.24) is 4.72 Å². The summed E-state index contributed by atoms with van der Waals surface area (Å²) in [7, 11) is -3.08. The maximum Gasteiger partial charge on any atom is 0.211 e. The van der Waals surface area contributed by atoms with Crippen LogP contribution in [0.25, 0.3) is 0 Å². The Morgan fingerprint density at radius 3 is 2.39 bits per heavy atom. The van der Waals surface area contributed by atoms with Gasteiger partial charge in [-0.3, -0.25) is 0 Å². The first-order valence-electron chi connectivity index (χ1n) is 6.90. The first kappa shape index (κ1) is 14.2. The Balaban J connectivity index is 1.55. The lowest BCUT2D eigenvalue weighted by molar-refractivity contribution is 0.0287. The average molecular weight is 276 g/mol. The predicted molar refractivity (Wildman–Crippen MR) is 70.7 cm³/mol. The van der Waals surface area contributed by atoms with Crippen molar-refractivity contribution in [3.63, 3.8) is 0 Å². The molecule has 5 nitrogen and oxygen atoms in total. The molecule has 0 unspecified atom stereocenters. The van der Waals surface area contributed by atoms with Gasteiger partial charge in [-0.25, -0.2) is 13.1 Å².